The Kier molecular flexibility index (Phi) is 3.54. The Morgan fingerprint density at radius 2 is 2.31 bits per heavy atom. The molecule has 2 rings (SSSR count). The maximum Gasteiger partial charge on any atom is 0.119 e. The van der Waals surface area contributed by atoms with E-state index in [1.54, 1.807) is 18.4 Å². The van der Waals surface area contributed by atoms with Crippen LogP contribution in [-0.2, 0) is 6.42 Å². The summed E-state index contributed by atoms with van der Waals surface area (Å²) in [5.41, 5.74) is 9.64. The zero-order valence-corrected chi connectivity index (χ0v) is 9.96. The summed E-state index contributed by atoms with van der Waals surface area (Å²) in [6.45, 7) is 0.626. The van der Waals surface area contributed by atoms with Crippen molar-refractivity contribution in [3.8, 4) is 16.2 Å². The van der Waals surface area contributed by atoms with Crippen LogP contribution in [0.3, 0.4) is 0 Å². The zero-order chi connectivity index (χ0) is 11.4. The minimum absolute atomic E-state index is 0.626. The third-order valence-corrected chi connectivity index (χ3v) is 3.27. The van der Waals surface area contributed by atoms with Crippen molar-refractivity contribution < 1.29 is 4.74 Å². The van der Waals surface area contributed by atoms with Gasteiger partial charge in [0.2, 0.25) is 0 Å². The molecule has 0 aliphatic heterocycles. The van der Waals surface area contributed by atoms with Gasteiger partial charge >= 0.3 is 0 Å². The molecule has 0 aliphatic rings. The Hall–Kier alpha value is -1.39. The third-order valence-electron chi connectivity index (χ3n) is 2.35. The van der Waals surface area contributed by atoms with Crippen LogP contribution in [0.5, 0.6) is 5.75 Å². The molecule has 0 aliphatic carbocycles. The second-order valence-electron chi connectivity index (χ2n) is 3.40. The SMILES string of the molecule is COc1cccc(-c2scnc2CCN)c1. The number of aromatic nitrogens is 1. The minimum atomic E-state index is 0.626. The number of hydrogen-bond donors (Lipinski definition) is 1. The van der Waals surface area contributed by atoms with Gasteiger partial charge < -0.3 is 10.5 Å². The van der Waals surface area contributed by atoms with Crippen molar-refractivity contribution in [1.29, 1.82) is 0 Å². The first kappa shape index (κ1) is 11.1. The van der Waals surface area contributed by atoms with E-state index in [9.17, 15) is 0 Å². The molecule has 1 aromatic carbocycles. The van der Waals surface area contributed by atoms with Crippen molar-refractivity contribution in [3.63, 3.8) is 0 Å². The van der Waals surface area contributed by atoms with Crippen LogP contribution in [0.25, 0.3) is 10.4 Å². The van der Waals surface area contributed by atoms with Gasteiger partial charge in [-0.2, -0.15) is 0 Å². The smallest absolute Gasteiger partial charge is 0.119 e. The summed E-state index contributed by atoms with van der Waals surface area (Å²) in [5, 5.41) is 0. The molecule has 0 saturated carbocycles. The largest absolute Gasteiger partial charge is 0.497 e. The molecule has 1 heterocycles. The summed E-state index contributed by atoms with van der Waals surface area (Å²) in [6, 6.07) is 8.01. The Morgan fingerprint density at radius 3 is 3.06 bits per heavy atom. The number of nitrogens with zero attached hydrogens (tertiary/aromatic N) is 1. The van der Waals surface area contributed by atoms with E-state index in [0.29, 0.717) is 6.54 Å². The number of methoxy groups -OCH3 is 1. The third kappa shape index (κ3) is 2.23. The molecule has 16 heavy (non-hydrogen) atoms. The van der Waals surface area contributed by atoms with Gasteiger partial charge in [0, 0.05) is 6.42 Å². The maximum atomic E-state index is 5.56. The van der Waals surface area contributed by atoms with E-state index in [-0.39, 0.29) is 0 Å². The Bertz CT molecular complexity index is 468. The molecule has 0 amide bonds. The van der Waals surface area contributed by atoms with E-state index in [1.165, 1.54) is 4.88 Å². The second kappa shape index (κ2) is 5.09. The number of thiazole rings is 1. The van der Waals surface area contributed by atoms with Crippen molar-refractivity contribution in [2.45, 2.75) is 6.42 Å². The summed E-state index contributed by atoms with van der Waals surface area (Å²) >= 11 is 1.64. The normalized spacial score (nSPS) is 10.4. The second-order valence-corrected chi connectivity index (χ2v) is 4.25. The van der Waals surface area contributed by atoms with Crippen molar-refractivity contribution in [1.82, 2.24) is 4.98 Å². The number of nitrogens with two attached hydrogens (primary N) is 1. The highest BCUT2D eigenvalue weighted by Gasteiger charge is 2.08. The average molecular weight is 234 g/mol. The molecule has 0 bridgehead atoms. The van der Waals surface area contributed by atoms with Crippen molar-refractivity contribution in [3.05, 3.63) is 35.5 Å². The molecule has 0 saturated heterocycles. The predicted molar refractivity (Wildman–Crippen MR) is 66.9 cm³/mol. The summed E-state index contributed by atoms with van der Waals surface area (Å²) in [6.07, 6.45) is 0.816. The Labute approximate surface area is 98.9 Å². The first-order valence-electron chi connectivity index (χ1n) is 5.12. The Morgan fingerprint density at radius 1 is 1.44 bits per heavy atom. The minimum Gasteiger partial charge on any atom is -0.497 e. The summed E-state index contributed by atoms with van der Waals surface area (Å²) in [5.74, 6) is 0.865. The van der Waals surface area contributed by atoms with Gasteiger partial charge in [0.25, 0.3) is 0 Å². The van der Waals surface area contributed by atoms with Crippen LogP contribution in [0, 0.1) is 0 Å². The highest BCUT2D eigenvalue weighted by Crippen LogP contribution is 2.30. The molecule has 1 aromatic heterocycles. The van der Waals surface area contributed by atoms with Gasteiger partial charge in [0.05, 0.1) is 23.2 Å². The van der Waals surface area contributed by atoms with Crippen LogP contribution in [0.15, 0.2) is 29.8 Å². The van der Waals surface area contributed by atoms with Gasteiger partial charge in [-0.3, -0.25) is 0 Å². The van der Waals surface area contributed by atoms with E-state index >= 15 is 0 Å². The first-order chi connectivity index (χ1) is 7.85. The first-order valence-corrected chi connectivity index (χ1v) is 6.00. The van der Waals surface area contributed by atoms with Gasteiger partial charge in [-0.15, -0.1) is 11.3 Å². The molecular formula is C12H14N2OS. The lowest BCUT2D eigenvalue weighted by molar-refractivity contribution is 0.415. The monoisotopic (exact) mass is 234 g/mol. The fraction of sp³-hybridized carbons (Fsp3) is 0.250. The summed E-state index contributed by atoms with van der Waals surface area (Å²) in [7, 11) is 1.67. The summed E-state index contributed by atoms with van der Waals surface area (Å²) in [4.78, 5) is 5.52. The highest BCUT2D eigenvalue weighted by atomic mass is 32.1. The molecule has 84 valence electrons. The fourth-order valence-corrected chi connectivity index (χ4v) is 2.42. The van der Waals surface area contributed by atoms with Gasteiger partial charge in [0.15, 0.2) is 0 Å². The van der Waals surface area contributed by atoms with E-state index in [4.69, 9.17) is 10.5 Å². The van der Waals surface area contributed by atoms with Crippen LogP contribution in [0.2, 0.25) is 0 Å². The predicted octanol–water partition coefficient (Wildman–Crippen LogP) is 2.32. The van der Waals surface area contributed by atoms with E-state index in [2.05, 4.69) is 11.1 Å². The lowest BCUT2D eigenvalue weighted by atomic mass is 10.1. The zero-order valence-electron chi connectivity index (χ0n) is 9.14. The van der Waals surface area contributed by atoms with Crippen molar-refractivity contribution in [2.75, 3.05) is 13.7 Å². The number of ether oxygens (including phenoxy) is 1. The van der Waals surface area contributed by atoms with Gasteiger partial charge in [-0.1, -0.05) is 12.1 Å². The quantitative estimate of drug-likeness (QED) is 0.883. The summed E-state index contributed by atoms with van der Waals surface area (Å²) < 4.78 is 5.21. The van der Waals surface area contributed by atoms with Crippen LogP contribution in [-0.4, -0.2) is 18.6 Å². The molecule has 2 aromatic rings. The molecule has 0 atom stereocenters. The molecule has 0 spiro atoms. The van der Waals surface area contributed by atoms with Gasteiger partial charge in [-0.25, -0.2) is 4.98 Å². The lowest BCUT2D eigenvalue weighted by Crippen LogP contribution is -2.03. The topological polar surface area (TPSA) is 48.1 Å². The fourth-order valence-electron chi connectivity index (χ4n) is 1.58. The van der Waals surface area contributed by atoms with Gasteiger partial charge in [0.1, 0.15) is 5.75 Å². The standard InChI is InChI=1S/C12H14N2OS/c1-15-10-4-2-3-9(7-10)12-11(5-6-13)14-8-16-12/h2-4,7-8H,5-6,13H2,1H3. The van der Waals surface area contributed by atoms with Crippen LogP contribution in [0.1, 0.15) is 5.69 Å². The highest BCUT2D eigenvalue weighted by molar-refractivity contribution is 7.13. The van der Waals surface area contributed by atoms with Crippen LogP contribution >= 0.6 is 11.3 Å². The van der Waals surface area contributed by atoms with E-state index in [1.807, 2.05) is 23.7 Å². The van der Waals surface area contributed by atoms with Crippen molar-refractivity contribution in [2.24, 2.45) is 5.73 Å². The van der Waals surface area contributed by atoms with Crippen LogP contribution in [0.4, 0.5) is 0 Å². The molecule has 2 N–H and O–H groups in total. The van der Waals surface area contributed by atoms with E-state index in [0.717, 1.165) is 23.4 Å². The average Bonchev–Trinajstić information content (AvgIpc) is 2.78. The molecule has 0 unspecified atom stereocenters. The maximum absolute atomic E-state index is 5.56. The molecular weight excluding hydrogens is 220 g/mol. The Balaban J connectivity index is 2.37. The lowest BCUT2D eigenvalue weighted by Gasteiger charge is -2.04. The van der Waals surface area contributed by atoms with Crippen LogP contribution < -0.4 is 10.5 Å². The molecule has 3 nitrogen and oxygen atoms in total. The molecule has 0 fully saturated rings. The number of rotatable bonds is 4. The van der Waals surface area contributed by atoms with E-state index < -0.39 is 0 Å². The van der Waals surface area contributed by atoms with Gasteiger partial charge in [-0.05, 0) is 24.2 Å². The molecule has 4 heteroatoms. The number of benzene rings is 1. The van der Waals surface area contributed by atoms with Crippen molar-refractivity contribution >= 4 is 11.3 Å². The molecule has 0 radical (unpaired) electrons. The number of hydrogen-bond acceptors (Lipinski definition) is 4.